The van der Waals surface area contributed by atoms with Gasteiger partial charge in [0.05, 0.1) is 25.4 Å². The van der Waals surface area contributed by atoms with Crippen LogP contribution in [0.5, 0.6) is 11.5 Å². The minimum absolute atomic E-state index is 0.560. The summed E-state index contributed by atoms with van der Waals surface area (Å²) in [7, 11) is 3.29. The lowest BCUT2D eigenvalue weighted by Gasteiger charge is -2.10. The maximum atomic E-state index is 5.85. The van der Waals surface area contributed by atoms with Gasteiger partial charge in [-0.3, -0.25) is 0 Å². The topological polar surface area (TPSA) is 62.3 Å². The van der Waals surface area contributed by atoms with E-state index in [-0.39, 0.29) is 0 Å². The highest BCUT2D eigenvalue weighted by Crippen LogP contribution is 2.39. The molecule has 0 radical (unpaired) electrons. The van der Waals surface area contributed by atoms with Crippen LogP contribution in [-0.4, -0.2) is 23.8 Å². The SMILES string of the molecule is COc1cc2c(-c3csc(N)n3)cn(Cc3ccccc3)c2cc1OC. The van der Waals surface area contributed by atoms with Crippen LogP contribution in [0.3, 0.4) is 0 Å². The first-order chi connectivity index (χ1) is 12.7. The van der Waals surface area contributed by atoms with Crippen molar-refractivity contribution in [1.82, 2.24) is 9.55 Å². The lowest BCUT2D eigenvalue weighted by Crippen LogP contribution is -1.98. The highest BCUT2D eigenvalue weighted by Gasteiger charge is 2.17. The summed E-state index contributed by atoms with van der Waals surface area (Å²) in [6, 6.07) is 14.4. The molecule has 0 aliphatic rings. The third-order valence-corrected chi connectivity index (χ3v) is 5.05. The number of nitrogen functional groups attached to an aromatic ring is 1. The average molecular weight is 365 g/mol. The molecule has 0 amide bonds. The summed E-state index contributed by atoms with van der Waals surface area (Å²) in [4.78, 5) is 4.46. The molecule has 0 saturated carbocycles. The van der Waals surface area contributed by atoms with Crippen LogP contribution >= 0.6 is 11.3 Å². The first-order valence-electron chi connectivity index (χ1n) is 8.19. The van der Waals surface area contributed by atoms with E-state index in [1.54, 1.807) is 14.2 Å². The molecule has 0 saturated heterocycles. The standard InChI is InChI=1S/C20H19N3O2S/c1-24-18-8-14-15(16-12-26-20(21)22-16)11-23(17(14)9-19(18)25-2)10-13-6-4-3-5-7-13/h3-9,11-12H,10H2,1-2H3,(H2,21,22). The fourth-order valence-corrected chi connectivity index (χ4v) is 3.71. The molecule has 26 heavy (non-hydrogen) atoms. The first-order valence-corrected chi connectivity index (χ1v) is 9.07. The van der Waals surface area contributed by atoms with Gasteiger partial charge >= 0.3 is 0 Å². The normalized spacial score (nSPS) is 11.0. The van der Waals surface area contributed by atoms with E-state index >= 15 is 0 Å². The summed E-state index contributed by atoms with van der Waals surface area (Å²) >= 11 is 1.44. The minimum atomic E-state index is 0.560. The van der Waals surface area contributed by atoms with Gasteiger partial charge in [-0.2, -0.15) is 0 Å². The molecule has 0 fully saturated rings. The van der Waals surface area contributed by atoms with Gasteiger partial charge in [-0.15, -0.1) is 11.3 Å². The van der Waals surface area contributed by atoms with Crippen molar-refractivity contribution >= 4 is 27.4 Å². The van der Waals surface area contributed by atoms with Gasteiger partial charge in [0, 0.05) is 35.1 Å². The number of nitrogens with zero attached hydrogens (tertiary/aromatic N) is 2. The molecule has 4 rings (SSSR count). The van der Waals surface area contributed by atoms with Gasteiger partial charge in [-0.05, 0) is 11.6 Å². The minimum Gasteiger partial charge on any atom is -0.493 e. The molecule has 2 aromatic heterocycles. The summed E-state index contributed by atoms with van der Waals surface area (Å²) < 4.78 is 13.2. The fourth-order valence-electron chi connectivity index (χ4n) is 3.14. The number of hydrogen-bond acceptors (Lipinski definition) is 5. The monoisotopic (exact) mass is 365 g/mol. The van der Waals surface area contributed by atoms with Crippen molar-refractivity contribution in [3.05, 3.63) is 59.6 Å². The van der Waals surface area contributed by atoms with Crippen LogP contribution in [0.2, 0.25) is 0 Å². The Morgan fingerprint density at radius 1 is 1.08 bits per heavy atom. The van der Waals surface area contributed by atoms with Crippen LogP contribution in [-0.2, 0) is 6.54 Å². The average Bonchev–Trinajstić information content (AvgIpc) is 3.25. The molecule has 4 aromatic rings. The van der Waals surface area contributed by atoms with Crippen molar-refractivity contribution in [1.29, 1.82) is 0 Å². The molecule has 2 aromatic carbocycles. The first kappa shape index (κ1) is 16.5. The predicted molar refractivity (Wildman–Crippen MR) is 106 cm³/mol. The number of nitrogens with two attached hydrogens (primary N) is 1. The number of methoxy groups -OCH3 is 2. The van der Waals surface area contributed by atoms with E-state index in [0.717, 1.165) is 28.7 Å². The second-order valence-corrected chi connectivity index (χ2v) is 6.84. The van der Waals surface area contributed by atoms with E-state index in [1.165, 1.54) is 16.9 Å². The Morgan fingerprint density at radius 3 is 2.46 bits per heavy atom. The van der Waals surface area contributed by atoms with Crippen molar-refractivity contribution in [2.45, 2.75) is 6.54 Å². The largest absolute Gasteiger partial charge is 0.493 e. The predicted octanol–water partition coefficient (Wildman–Crippen LogP) is 4.41. The molecule has 0 aliphatic carbocycles. The Labute approximate surface area is 155 Å². The number of ether oxygens (including phenoxy) is 2. The van der Waals surface area contributed by atoms with E-state index in [0.29, 0.717) is 16.6 Å². The van der Waals surface area contributed by atoms with Gasteiger partial charge in [0.1, 0.15) is 0 Å². The van der Waals surface area contributed by atoms with Crippen LogP contribution in [0.25, 0.3) is 22.2 Å². The smallest absolute Gasteiger partial charge is 0.180 e. The summed E-state index contributed by atoms with van der Waals surface area (Å²) in [5, 5.41) is 3.60. The molecule has 132 valence electrons. The van der Waals surface area contributed by atoms with Crippen LogP contribution in [0.15, 0.2) is 54.0 Å². The highest BCUT2D eigenvalue weighted by atomic mass is 32.1. The number of aromatic nitrogens is 2. The summed E-state index contributed by atoms with van der Waals surface area (Å²) in [5.74, 6) is 1.40. The molecular weight excluding hydrogens is 346 g/mol. The number of anilines is 1. The summed E-state index contributed by atoms with van der Waals surface area (Å²) in [6.45, 7) is 0.756. The third-order valence-electron chi connectivity index (χ3n) is 4.38. The summed E-state index contributed by atoms with van der Waals surface area (Å²) in [5.41, 5.74) is 10.0. The van der Waals surface area contributed by atoms with Crippen molar-refractivity contribution in [2.24, 2.45) is 0 Å². The van der Waals surface area contributed by atoms with E-state index in [4.69, 9.17) is 15.2 Å². The quantitative estimate of drug-likeness (QED) is 0.569. The van der Waals surface area contributed by atoms with Crippen LogP contribution in [0.4, 0.5) is 5.13 Å². The Balaban J connectivity index is 1.93. The lowest BCUT2D eigenvalue weighted by atomic mass is 10.1. The van der Waals surface area contributed by atoms with Gasteiger partial charge in [0.25, 0.3) is 0 Å². The molecule has 2 N–H and O–H groups in total. The second kappa shape index (κ2) is 6.72. The number of hydrogen-bond donors (Lipinski definition) is 1. The maximum Gasteiger partial charge on any atom is 0.180 e. The molecule has 0 atom stereocenters. The number of thiazole rings is 1. The van der Waals surface area contributed by atoms with E-state index in [1.807, 2.05) is 35.7 Å². The zero-order chi connectivity index (χ0) is 18.1. The summed E-state index contributed by atoms with van der Waals surface area (Å²) in [6.07, 6.45) is 2.12. The van der Waals surface area contributed by atoms with E-state index in [9.17, 15) is 0 Å². The van der Waals surface area contributed by atoms with E-state index < -0.39 is 0 Å². The third kappa shape index (κ3) is 2.88. The van der Waals surface area contributed by atoms with Crippen molar-refractivity contribution in [2.75, 3.05) is 20.0 Å². The Morgan fingerprint density at radius 2 is 1.81 bits per heavy atom. The number of rotatable bonds is 5. The molecule has 6 heteroatoms. The van der Waals surface area contributed by atoms with Gasteiger partial charge in [-0.1, -0.05) is 30.3 Å². The molecule has 0 bridgehead atoms. The van der Waals surface area contributed by atoms with Crippen LogP contribution in [0, 0.1) is 0 Å². The van der Waals surface area contributed by atoms with Crippen molar-refractivity contribution < 1.29 is 9.47 Å². The Kier molecular flexibility index (Phi) is 4.26. The number of fused-ring (bicyclic) bond motifs is 1. The van der Waals surface area contributed by atoms with E-state index in [2.05, 4.69) is 27.9 Å². The zero-order valence-corrected chi connectivity index (χ0v) is 15.4. The lowest BCUT2D eigenvalue weighted by molar-refractivity contribution is 0.355. The van der Waals surface area contributed by atoms with Gasteiger partial charge in [-0.25, -0.2) is 4.98 Å². The molecule has 0 unspecified atom stereocenters. The van der Waals surface area contributed by atoms with Gasteiger partial charge in [0.2, 0.25) is 0 Å². The van der Waals surface area contributed by atoms with Gasteiger partial charge < -0.3 is 19.8 Å². The molecular formula is C20H19N3O2S. The van der Waals surface area contributed by atoms with Crippen LogP contribution in [0.1, 0.15) is 5.56 Å². The van der Waals surface area contributed by atoms with Crippen molar-refractivity contribution in [3.8, 4) is 22.8 Å². The molecule has 2 heterocycles. The highest BCUT2D eigenvalue weighted by molar-refractivity contribution is 7.13. The second-order valence-electron chi connectivity index (χ2n) is 5.95. The Hall–Kier alpha value is -2.99. The maximum absolute atomic E-state index is 5.85. The zero-order valence-electron chi connectivity index (χ0n) is 14.6. The van der Waals surface area contributed by atoms with Gasteiger partial charge in [0.15, 0.2) is 16.6 Å². The number of benzene rings is 2. The Bertz CT molecular complexity index is 1050. The van der Waals surface area contributed by atoms with Crippen LogP contribution < -0.4 is 15.2 Å². The molecule has 0 spiro atoms. The fraction of sp³-hybridized carbons (Fsp3) is 0.150. The molecule has 0 aliphatic heterocycles. The van der Waals surface area contributed by atoms with Crippen molar-refractivity contribution in [3.63, 3.8) is 0 Å². The molecule has 5 nitrogen and oxygen atoms in total.